The van der Waals surface area contributed by atoms with E-state index in [1.807, 2.05) is 12.1 Å². The summed E-state index contributed by atoms with van der Waals surface area (Å²) in [6.07, 6.45) is 2.16. The number of nitrogen functional groups attached to an aromatic ring is 1. The molecule has 0 unspecified atom stereocenters. The number of hydrogen-bond acceptors (Lipinski definition) is 4. The predicted octanol–water partition coefficient (Wildman–Crippen LogP) is 2.79. The average Bonchev–Trinajstić information content (AvgIpc) is 2.85. The number of nitrogens with one attached hydrogen (secondary N) is 1. The van der Waals surface area contributed by atoms with Crippen LogP contribution in [-0.4, -0.2) is 11.5 Å². The van der Waals surface area contributed by atoms with Crippen molar-refractivity contribution in [2.24, 2.45) is 0 Å². The maximum Gasteiger partial charge on any atom is 0.417 e. The fourth-order valence-corrected chi connectivity index (χ4v) is 3.02. The van der Waals surface area contributed by atoms with E-state index in [0.717, 1.165) is 25.1 Å². The van der Waals surface area contributed by atoms with Gasteiger partial charge in [-0.1, -0.05) is 18.2 Å². The van der Waals surface area contributed by atoms with Crippen LogP contribution in [0.15, 0.2) is 45.6 Å². The van der Waals surface area contributed by atoms with Crippen LogP contribution in [0.4, 0.5) is 17.1 Å². The van der Waals surface area contributed by atoms with Gasteiger partial charge in [-0.05, 0) is 30.5 Å². The third-order valence-corrected chi connectivity index (χ3v) is 3.97. The minimum atomic E-state index is -0.458. The first-order valence-electron chi connectivity index (χ1n) is 7.00. The lowest BCUT2D eigenvalue weighted by Crippen LogP contribution is -2.25. The van der Waals surface area contributed by atoms with Crippen LogP contribution in [0.5, 0.6) is 0 Å². The smallest absolute Gasteiger partial charge is 0.408 e. The van der Waals surface area contributed by atoms with Gasteiger partial charge in [0.05, 0.1) is 16.9 Å². The Balaban J connectivity index is 1.91. The number of oxazole rings is 1. The van der Waals surface area contributed by atoms with Crippen molar-refractivity contribution in [1.29, 1.82) is 0 Å². The van der Waals surface area contributed by atoms with Crippen LogP contribution in [0.3, 0.4) is 0 Å². The van der Waals surface area contributed by atoms with Crippen molar-refractivity contribution in [3.05, 3.63) is 52.5 Å². The molecule has 3 N–H and O–H groups in total. The number of aromatic nitrogens is 1. The normalized spacial score (nSPS) is 14.4. The molecule has 0 fully saturated rings. The quantitative estimate of drug-likeness (QED) is 0.672. The molecular weight excluding hydrogens is 266 g/mol. The van der Waals surface area contributed by atoms with Gasteiger partial charge in [0.2, 0.25) is 0 Å². The molecule has 4 rings (SSSR count). The Labute approximate surface area is 121 Å². The summed E-state index contributed by atoms with van der Waals surface area (Å²) in [5, 5.41) is 0. The fourth-order valence-electron chi connectivity index (χ4n) is 3.02. The Hall–Kier alpha value is -2.69. The lowest BCUT2D eigenvalue weighted by molar-refractivity contribution is 0.555. The number of hydrogen-bond donors (Lipinski definition) is 2. The molecule has 5 nitrogen and oxygen atoms in total. The zero-order chi connectivity index (χ0) is 14.4. The van der Waals surface area contributed by atoms with E-state index in [1.165, 1.54) is 11.3 Å². The van der Waals surface area contributed by atoms with E-state index in [2.05, 4.69) is 28.1 Å². The van der Waals surface area contributed by atoms with Crippen LogP contribution in [0.1, 0.15) is 12.0 Å². The minimum absolute atomic E-state index is 0.458. The van der Waals surface area contributed by atoms with Crippen molar-refractivity contribution in [3.63, 3.8) is 0 Å². The van der Waals surface area contributed by atoms with Crippen molar-refractivity contribution in [3.8, 4) is 0 Å². The molecule has 0 saturated carbocycles. The van der Waals surface area contributed by atoms with Gasteiger partial charge in [-0.3, -0.25) is 4.98 Å². The van der Waals surface area contributed by atoms with Gasteiger partial charge < -0.3 is 15.1 Å². The molecule has 0 spiro atoms. The Kier molecular flexibility index (Phi) is 2.54. The van der Waals surface area contributed by atoms with Gasteiger partial charge in [0.15, 0.2) is 5.58 Å². The molecule has 106 valence electrons. The second-order valence-corrected chi connectivity index (χ2v) is 5.31. The number of aromatic amines is 1. The zero-order valence-electron chi connectivity index (χ0n) is 11.4. The van der Waals surface area contributed by atoms with E-state index in [-0.39, 0.29) is 0 Å². The molecule has 3 aromatic rings. The summed E-state index contributed by atoms with van der Waals surface area (Å²) < 4.78 is 5.05. The molecule has 5 heteroatoms. The van der Waals surface area contributed by atoms with Crippen LogP contribution in [0, 0.1) is 0 Å². The molecule has 0 bridgehead atoms. The highest BCUT2D eigenvalue weighted by Gasteiger charge is 2.20. The first-order valence-corrected chi connectivity index (χ1v) is 7.00. The van der Waals surface area contributed by atoms with Gasteiger partial charge in [-0.25, -0.2) is 4.79 Å². The molecule has 1 aliphatic heterocycles. The molecule has 21 heavy (non-hydrogen) atoms. The number of nitrogens with zero attached hydrogens (tertiary/aromatic N) is 1. The summed E-state index contributed by atoms with van der Waals surface area (Å²) in [4.78, 5) is 16.2. The Morgan fingerprint density at radius 1 is 1.19 bits per heavy atom. The maximum atomic E-state index is 11.3. The fraction of sp³-hybridized carbons (Fsp3) is 0.188. The topological polar surface area (TPSA) is 75.3 Å². The second kappa shape index (κ2) is 4.41. The number of H-pyrrole nitrogens is 1. The molecule has 2 heterocycles. The SMILES string of the molecule is Nc1cc2oc(=O)[nH]c2cc1N1CCCc2ccccc21. The first kappa shape index (κ1) is 12.1. The Morgan fingerprint density at radius 3 is 2.95 bits per heavy atom. The highest BCUT2D eigenvalue weighted by atomic mass is 16.4. The number of anilines is 3. The van der Waals surface area contributed by atoms with Crippen molar-refractivity contribution < 1.29 is 4.42 Å². The third-order valence-electron chi connectivity index (χ3n) is 3.97. The van der Waals surface area contributed by atoms with E-state index in [4.69, 9.17) is 10.2 Å². The first-order chi connectivity index (χ1) is 10.2. The lowest BCUT2D eigenvalue weighted by atomic mass is 10.0. The van der Waals surface area contributed by atoms with Crippen molar-refractivity contribution in [1.82, 2.24) is 4.98 Å². The van der Waals surface area contributed by atoms with Crippen molar-refractivity contribution in [2.75, 3.05) is 17.2 Å². The molecular formula is C16H15N3O2. The molecule has 0 amide bonds. The van der Waals surface area contributed by atoms with Gasteiger partial charge in [0.25, 0.3) is 0 Å². The van der Waals surface area contributed by atoms with Crippen LogP contribution < -0.4 is 16.4 Å². The van der Waals surface area contributed by atoms with Gasteiger partial charge in [0, 0.05) is 18.3 Å². The van der Waals surface area contributed by atoms with Crippen LogP contribution in [0.25, 0.3) is 11.1 Å². The molecule has 0 atom stereocenters. The molecule has 0 radical (unpaired) electrons. The van der Waals surface area contributed by atoms with Gasteiger partial charge >= 0.3 is 5.76 Å². The van der Waals surface area contributed by atoms with Gasteiger partial charge in [-0.2, -0.15) is 0 Å². The third kappa shape index (κ3) is 1.89. The number of benzene rings is 2. The monoisotopic (exact) mass is 281 g/mol. The van der Waals surface area contributed by atoms with E-state index < -0.39 is 5.76 Å². The van der Waals surface area contributed by atoms with E-state index in [0.29, 0.717) is 16.8 Å². The number of rotatable bonds is 1. The van der Waals surface area contributed by atoms with E-state index in [9.17, 15) is 4.79 Å². The van der Waals surface area contributed by atoms with E-state index in [1.54, 1.807) is 6.07 Å². The highest BCUT2D eigenvalue weighted by molar-refractivity contribution is 5.88. The van der Waals surface area contributed by atoms with Crippen LogP contribution in [0.2, 0.25) is 0 Å². The standard InChI is InChI=1S/C16H15N3O2/c17-11-8-15-12(18-16(20)21-15)9-14(11)19-7-3-5-10-4-1-2-6-13(10)19/h1-2,4,6,8-9H,3,5,7,17H2,(H,18,20). The summed E-state index contributed by atoms with van der Waals surface area (Å²) in [5.74, 6) is -0.458. The van der Waals surface area contributed by atoms with Gasteiger partial charge in [0.1, 0.15) is 0 Å². The number of fused-ring (bicyclic) bond motifs is 2. The summed E-state index contributed by atoms with van der Waals surface area (Å²) in [6.45, 7) is 0.912. The van der Waals surface area contributed by atoms with Crippen molar-refractivity contribution >= 4 is 28.2 Å². The van der Waals surface area contributed by atoms with E-state index >= 15 is 0 Å². The van der Waals surface area contributed by atoms with Crippen LogP contribution >= 0.6 is 0 Å². The van der Waals surface area contributed by atoms with Crippen LogP contribution in [-0.2, 0) is 6.42 Å². The Bertz CT molecular complexity index is 879. The maximum absolute atomic E-state index is 11.3. The highest BCUT2D eigenvalue weighted by Crippen LogP contribution is 2.37. The lowest BCUT2D eigenvalue weighted by Gasteiger charge is -2.32. The number of nitrogens with two attached hydrogens (primary N) is 1. The molecule has 1 aromatic heterocycles. The summed E-state index contributed by atoms with van der Waals surface area (Å²) in [7, 11) is 0. The number of para-hydroxylation sites is 1. The Morgan fingerprint density at radius 2 is 2.05 bits per heavy atom. The van der Waals surface area contributed by atoms with Gasteiger partial charge in [-0.15, -0.1) is 0 Å². The molecule has 0 saturated heterocycles. The molecule has 2 aromatic carbocycles. The average molecular weight is 281 g/mol. The molecule has 1 aliphatic rings. The molecule has 0 aliphatic carbocycles. The minimum Gasteiger partial charge on any atom is -0.408 e. The summed E-state index contributed by atoms with van der Waals surface area (Å²) in [6, 6.07) is 11.9. The number of aryl methyl sites for hydroxylation is 1. The van der Waals surface area contributed by atoms with Crippen molar-refractivity contribution in [2.45, 2.75) is 12.8 Å². The second-order valence-electron chi connectivity index (χ2n) is 5.31. The predicted molar refractivity (Wildman–Crippen MR) is 83.0 cm³/mol. The zero-order valence-corrected chi connectivity index (χ0v) is 11.4. The largest absolute Gasteiger partial charge is 0.417 e. The summed E-state index contributed by atoms with van der Waals surface area (Å²) >= 11 is 0. The summed E-state index contributed by atoms with van der Waals surface area (Å²) in [5.41, 5.74) is 11.4.